The van der Waals surface area contributed by atoms with Gasteiger partial charge in [0.15, 0.2) is 11.5 Å². The third kappa shape index (κ3) is 3.17. The van der Waals surface area contributed by atoms with Gasteiger partial charge in [0.25, 0.3) is 5.91 Å². The van der Waals surface area contributed by atoms with Gasteiger partial charge < -0.3 is 9.84 Å². The van der Waals surface area contributed by atoms with Crippen molar-refractivity contribution in [2.75, 3.05) is 0 Å². The van der Waals surface area contributed by atoms with E-state index in [0.29, 0.717) is 11.4 Å². The van der Waals surface area contributed by atoms with Crippen LogP contribution in [0.1, 0.15) is 42.6 Å². The number of benzene rings is 1. The molecule has 128 valence electrons. The molecular weight excluding hydrogens is 318 g/mol. The number of aromatic nitrogens is 4. The van der Waals surface area contributed by atoms with Gasteiger partial charge in [-0.3, -0.25) is 4.79 Å². The van der Waals surface area contributed by atoms with Crippen molar-refractivity contribution in [3.05, 3.63) is 48.4 Å². The summed E-state index contributed by atoms with van der Waals surface area (Å²) in [6, 6.07) is 9.75. The van der Waals surface area contributed by atoms with Crippen LogP contribution in [0.5, 0.6) is 0 Å². The van der Waals surface area contributed by atoms with Gasteiger partial charge in [-0.15, -0.1) is 5.10 Å². The lowest BCUT2D eigenvalue weighted by Gasteiger charge is -2.22. The van der Waals surface area contributed by atoms with E-state index in [1.165, 1.54) is 11.1 Å². The Kier molecular flexibility index (Phi) is 4.28. The molecule has 1 fully saturated rings. The second-order valence-corrected chi connectivity index (χ2v) is 6.23. The van der Waals surface area contributed by atoms with E-state index in [9.17, 15) is 4.79 Å². The molecule has 0 saturated heterocycles. The van der Waals surface area contributed by atoms with Crippen molar-refractivity contribution in [2.24, 2.45) is 0 Å². The summed E-state index contributed by atoms with van der Waals surface area (Å²) in [4.78, 5) is 12.8. The van der Waals surface area contributed by atoms with Crippen LogP contribution in [0.25, 0.3) is 17.0 Å². The van der Waals surface area contributed by atoms with E-state index in [4.69, 9.17) is 4.52 Å². The Morgan fingerprint density at radius 1 is 1.16 bits per heavy atom. The standard InChI is InChI=1S/C18H19N5O2/c24-18(20-14-9-5-2-6-10-14)15-16(23-12-11-19-22-23)17(25-21-15)13-7-3-1-4-8-13/h1,3-4,7-8,11-12,14H,2,5-6,9-10H2,(H,20,24). The van der Waals surface area contributed by atoms with E-state index >= 15 is 0 Å². The lowest BCUT2D eigenvalue weighted by atomic mass is 9.95. The highest BCUT2D eigenvalue weighted by molar-refractivity contribution is 5.98. The Morgan fingerprint density at radius 3 is 2.68 bits per heavy atom. The maximum atomic E-state index is 12.8. The summed E-state index contributed by atoms with van der Waals surface area (Å²) < 4.78 is 7.04. The number of carbonyl (C=O) groups excluding carboxylic acids is 1. The molecule has 1 aliphatic carbocycles. The molecule has 0 atom stereocenters. The van der Waals surface area contributed by atoms with Gasteiger partial charge in [-0.2, -0.15) is 0 Å². The van der Waals surface area contributed by atoms with Crippen molar-refractivity contribution in [2.45, 2.75) is 38.1 Å². The van der Waals surface area contributed by atoms with E-state index in [0.717, 1.165) is 31.2 Å². The summed E-state index contributed by atoms with van der Waals surface area (Å²) in [7, 11) is 0. The summed E-state index contributed by atoms with van der Waals surface area (Å²) in [5, 5.41) is 15.0. The van der Waals surface area contributed by atoms with Crippen molar-refractivity contribution in [1.82, 2.24) is 25.5 Å². The van der Waals surface area contributed by atoms with Gasteiger partial charge >= 0.3 is 0 Å². The molecule has 1 aromatic carbocycles. The first-order valence-corrected chi connectivity index (χ1v) is 8.55. The van der Waals surface area contributed by atoms with Crippen LogP contribution in [0.15, 0.2) is 47.2 Å². The number of nitrogens with one attached hydrogen (secondary N) is 1. The van der Waals surface area contributed by atoms with Crippen LogP contribution in [-0.2, 0) is 0 Å². The van der Waals surface area contributed by atoms with Crippen LogP contribution < -0.4 is 5.32 Å². The molecule has 0 aliphatic heterocycles. The average molecular weight is 337 g/mol. The molecule has 4 rings (SSSR count). The minimum atomic E-state index is -0.233. The Hall–Kier alpha value is -2.96. The zero-order chi connectivity index (χ0) is 17.1. The molecule has 25 heavy (non-hydrogen) atoms. The van der Waals surface area contributed by atoms with Crippen LogP contribution in [0.4, 0.5) is 0 Å². The second-order valence-electron chi connectivity index (χ2n) is 6.23. The minimum absolute atomic E-state index is 0.196. The summed E-state index contributed by atoms with van der Waals surface area (Å²) in [5.74, 6) is 0.267. The van der Waals surface area contributed by atoms with Gasteiger partial charge in [-0.1, -0.05) is 60.0 Å². The average Bonchev–Trinajstić information content (AvgIpc) is 3.32. The first-order chi connectivity index (χ1) is 12.3. The Morgan fingerprint density at radius 2 is 1.96 bits per heavy atom. The van der Waals surface area contributed by atoms with Gasteiger partial charge in [0, 0.05) is 11.6 Å². The fourth-order valence-electron chi connectivity index (χ4n) is 3.25. The number of carbonyl (C=O) groups is 1. The molecule has 3 aromatic rings. The first kappa shape index (κ1) is 15.6. The molecule has 0 radical (unpaired) electrons. The number of rotatable bonds is 4. The van der Waals surface area contributed by atoms with Gasteiger partial charge in [0.05, 0.1) is 12.4 Å². The van der Waals surface area contributed by atoms with Crippen molar-refractivity contribution in [1.29, 1.82) is 0 Å². The fourth-order valence-corrected chi connectivity index (χ4v) is 3.25. The third-order valence-electron chi connectivity index (χ3n) is 4.51. The Labute approximate surface area is 145 Å². The predicted molar refractivity (Wildman–Crippen MR) is 91.2 cm³/mol. The quantitative estimate of drug-likeness (QED) is 0.791. The number of amides is 1. The van der Waals surface area contributed by atoms with Crippen molar-refractivity contribution < 1.29 is 9.32 Å². The zero-order valence-electron chi connectivity index (χ0n) is 13.8. The van der Waals surface area contributed by atoms with E-state index in [1.807, 2.05) is 30.3 Å². The molecule has 7 nitrogen and oxygen atoms in total. The highest BCUT2D eigenvalue weighted by atomic mass is 16.5. The maximum Gasteiger partial charge on any atom is 0.275 e. The maximum absolute atomic E-state index is 12.8. The van der Waals surface area contributed by atoms with Crippen molar-refractivity contribution >= 4 is 5.91 Å². The summed E-state index contributed by atoms with van der Waals surface area (Å²) in [5.41, 5.74) is 1.57. The lowest BCUT2D eigenvalue weighted by molar-refractivity contribution is 0.0918. The van der Waals surface area contributed by atoms with Gasteiger partial charge in [-0.25, -0.2) is 4.68 Å². The fraction of sp³-hybridized carbons (Fsp3) is 0.333. The molecule has 2 heterocycles. The van der Waals surface area contributed by atoms with E-state index in [-0.39, 0.29) is 17.6 Å². The Balaban J connectivity index is 1.70. The molecule has 1 N–H and O–H groups in total. The number of hydrogen-bond donors (Lipinski definition) is 1. The van der Waals surface area contributed by atoms with Gasteiger partial charge in [0.2, 0.25) is 0 Å². The third-order valence-corrected chi connectivity index (χ3v) is 4.51. The lowest BCUT2D eigenvalue weighted by Crippen LogP contribution is -2.36. The van der Waals surface area contributed by atoms with Gasteiger partial charge in [0.1, 0.15) is 5.69 Å². The molecular formula is C18H19N5O2. The first-order valence-electron chi connectivity index (χ1n) is 8.55. The topological polar surface area (TPSA) is 85.8 Å². The number of hydrogen-bond acceptors (Lipinski definition) is 5. The van der Waals surface area contributed by atoms with Crippen LogP contribution in [-0.4, -0.2) is 32.1 Å². The molecule has 0 bridgehead atoms. The zero-order valence-corrected chi connectivity index (χ0v) is 13.8. The van der Waals surface area contributed by atoms with Crippen LogP contribution in [0.3, 0.4) is 0 Å². The smallest absolute Gasteiger partial charge is 0.275 e. The molecule has 7 heteroatoms. The van der Waals surface area contributed by atoms with Crippen LogP contribution in [0, 0.1) is 0 Å². The number of nitrogens with zero attached hydrogens (tertiary/aromatic N) is 4. The van der Waals surface area contributed by atoms with Crippen molar-refractivity contribution in [3.63, 3.8) is 0 Å². The monoisotopic (exact) mass is 337 g/mol. The van der Waals surface area contributed by atoms with E-state index in [2.05, 4.69) is 20.8 Å². The van der Waals surface area contributed by atoms with Crippen LogP contribution in [0.2, 0.25) is 0 Å². The Bertz CT molecular complexity index is 836. The normalized spacial score (nSPS) is 15.2. The molecule has 1 aliphatic rings. The van der Waals surface area contributed by atoms with E-state index < -0.39 is 0 Å². The predicted octanol–water partition coefficient (Wildman–Crippen LogP) is 2.98. The second kappa shape index (κ2) is 6.88. The van der Waals surface area contributed by atoms with Gasteiger partial charge in [-0.05, 0) is 12.8 Å². The minimum Gasteiger partial charge on any atom is -0.353 e. The molecule has 0 spiro atoms. The largest absolute Gasteiger partial charge is 0.353 e. The SMILES string of the molecule is O=C(NC1CCCCC1)c1noc(-c2ccccc2)c1-n1ccnn1. The molecule has 1 amide bonds. The van der Waals surface area contributed by atoms with E-state index in [1.54, 1.807) is 12.4 Å². The highest BCUT2D eigenvalue weighted by Crippen LogP contribution is 2.29. The van der Waals surface area contributed by atoms with Crippen LogP contribution >= 0.6 is 0 Å². The summed E-state index contributed by atoms with van der Waals surface area (Å²) in [6.45, 7) is 0. The molecule has 1 saturated carbocycles. The molecule has 0 unspecified atom stereocenters. The summed E-state index contributed by atoms with van der Waals surface area (Å²) >= 11 is 0. The van der Waals surface area contributed by atoms with Crippen molar-refractivity contribution in [3.8, 4) is 17.0 Å². The highest BCUT2D eigenvalue weighted by Gasteiger charge is 2.27. The molecule has 2 aromatic heterocycles. The summed E-state index contributed by atoms with van der Waals surface area (Å²) in [6.07, 6.45) is 8.78.